The summed E-state index contributed by atoms with van der Waals surface area (Å²) in [5, 5.41) is 3.35. The molecule has 188 valence electrons. The Labute approximate surface area is 218 Å². The number of likely N-dealkylation sites (tertiary alicyclic amines) is 1. The van der Waals surface area contributed by atoms with Crippen LogP contribution in [-0.2, 0) is 0 Å². The Bertz CT molecular complexity index is 1170. The molecule has 0 aliphatic carbocycles. The monoisotopic (exact) mass is 504 g/mol. The molecular weight excluding hydrogens is 472 g/mol. The molecule has 1 amide bonds. The summed E-state index contributed by atoms with van der Waals surface area (Å²) in [6, 6.07) is 23.7. The highest BCUT2D eigenvalue weighted by Crippen LogP contribution is 2.34. The van der Waals surface area contributed by atoms with Gasteiger partial charge >= 0.3 is 6.09 Å². The summed E-state index contributed by atoms with van der Waals surface area (Å²) in [7, 11) is 0. The number of allylic oxidation sites excluding steroid dienone is 1. The average molecular weight is 505 g/mol. The van der Waals surface area contributed by atoms with Crippen LogP contribution in [0.2, 0.25) is 5.02 Å². The van der Waals surface area contributed by atoms with Crippen LogP contribution in [0.5, 0.6) is 11.5 Å². The van der Waals surface area contributed by atoms with E-state index < -0.39 is 6.09 Å². The van der Waals surface area contributed by atoms with Gasteiger partial charge in [0.25, 0.3) is 0 Å². The fourth-order valence-electron chi connectivity index (χ4n) is 4.44. The Hall–Kier alpha value is -3.28. The lowest BCUT2D eigenvalue weighted by Gasteiger charge is -2.17. The van der Waals surface area contributed by atoms with Gasteiger partial charge in [0.1, 0.15) is 18.1 Å². The van der Waals surface area contributed by atoms with Crippen molar-refractivity contribution in [1.82, 2.24) is 10.2 Å². The van der Waals surface area contributed by atoms with Gasteiger partial charge in [0.2, 0.25) is 0 Å². The number of carbonyl (C=O) groups excluding carboxylic acids is 1. The molecule has 5 nitrogen and oxygen atoms in total. The summed E-state index contributed by atoms with van der Waals surface area (Å²) in [6.07, 6.45) is 2.12. The first kappa shape index (κ1) is 25.8. The lowest BCUT2D eigenvalue weighted by molar-refractivity contribution is 0.201. The van der Waals surface area contributed by atoms with E-state index in [2.05, 4.69) is 29.3 Å². The molecule has 0 bridgehead atoms. The van der Waals surface area contributed by atoms with E-state index in [0.29, 0.717) is 23.9 Å². The standard InChI is InChI=1S/C30H33ClN2O3/c1-3-32-30(34)36-28-16-10-25(11-17-28)29(22(2)23-6-12-26(31)13-7-23)24-8-14-27(15-9-24)35-21-20-33-18-4-5-19-33/h6-17H,3-5,18-21H2,1-2H3,(H,32,34)/b29-22-. The van der Waals surface area contributed by atoms with Crippen molar-refractivity contribution in [2.24, 2.45) is 0 Å². The molecule has 36 heavy (non-hydrogen) atoms. The van der Waals surface area contributed by atoms with Gasteiger partial charge in [0.15, 0.2) is 0 Å². The molecule has 0 radical (unpaired) electrons. The topological polar surface area (TPSA) is 50.8 Å². The number of nitrogens with one attached hydrogen (secondary N) is 1. The third-order valence-electron chi connectivity index (χ3n) is 6.34. The number of carbonyl (C=O) groups is 1. The zero-order valence-electron chi connectivity index (χ0n) is 20.9. The molecule has 3 aromatic rings. The van der Waals surface area contributed by atoms with E-state index in [1.54, 1.807) is 0 Å². The van der Waals surface area contributed by atoms with Crippen LogP contribution in [0, 0.1) is 0 Å². The molecule has 1 saturated heterocycles. The maximum Gasteiger partial charge on any atom is 0.412 e. The minimum absolute atomic E-state index is 0.460. The Kier molecular flexibility index (Phi) is 9.04. The Morgan fingerprint density at radius 1 is 0.861 bits per heavy atom. The van der Waals surface area contributed by atoms with Crippen LogP contribution in [0.4, 0.5) is 4.79 Å². The molecule has 1 fully saturated rings. The highest BCUT2D eigenvalue weighted by Gasteiger charge is 2.14. The SMILES string of the molecule is CCNC(=O)Oc1ccc(/C(=C(/C)c2ccc(Cl)cc2)c2ccc(OCCN3CCCC3)cc2)cc1. The highest BCUT2D eigenvalue weighted by atomic mass is 35.5. The molecule has 1 heterocycles. The summed E-state index contributed by atoms with van der Waals surface area (Å²) >= 11 is 6.13. The normalized spacial score (nSPS) is 14.3. The van der Waals surface area contributed by atoms with Crippen LogP contribution in [0.3, 0.4) is 0 Å². The lowest BCUT2D eigenvalue weighted by atomic mass is 9.90. The minimum atomic E-state index is -0.460. The van der Waals surface area contributed by atoms with Crippen LogP contribution < -0.4 is 14.8 Å². The van der Waals surface area contributed by atoms with Crippen molar-refractivity contribution in [2.75, 3.05) is 32.8 Å². The van der Waals surface area contributed by atoms with Crippen LogP contribution >= 0.6 is 11.6 Å². The summed E-state index contributed by atoms with van der Waals surface area (Å²) in [5.41, 5.74) is 5.39. The molecule has 0 unspecified atom stereocenters. The van der Waals surface area contributed by atoms with Crippen molar-refractivity contribution in [3.8, 4) is 11.5 Å². The van der Waals surface area contributed by atoms with Crippen LogP contribution in [-0.4, -0.2) is 43.8 Å². The minimum Gasteiger partial charge on any atom is -0.492 e. The van der Waals surface area contributed by atoms with E-state index in [1.807, 2.05) is 67.6 Å². The molecule has 4 rings (SSSR count). The van der Waals surface area contributed by atoms with Crippen molar-refractivity contribution < 1.29 is 14.3 Å². The zero-order valence-corrected chi connectivity index (χ0v) is 21.7. The van der Waals surface area contributed by atoms with Gasteiger partial charge in [0, 0.05) is 18.1 Å². The lowest BCUT2D eigenvalue weighted by Crippen LogP contribution is -2.26. The largest absolute Gasteiger partial charge is 0.492 e. The number of nitrogens with zero attached hydrogens (tertiary/aromatic N) is 1. The number of ether oxygens (including phenoxy) is 2. The van der Waals surface area contributed by atoms with E-state index in [4.69, 9.17) is 21.1 Å². The number of benzene rings is 3. The summed E-state index contributed by atoms with van der Waals surface area (Å²) in [6.45, 7) is 8.48. The van der Waals surface area contributed by atoms with Gasteiger partial charge in [-0.3, -0.25) is 4.90 Å². The average Bonchev–Trinajstić information content (AvgIpc) is 3.40. The molecule has 1 aliphatic rings. The third kappa shape index (κ3) is 6.90. The van der Waals surface area contributed by atoms with Crippen molar-refractivity contribution in [3.63, 3.8) is 0 Å². The van der Waals surface area contributed by atoms with Crippen molar-refractivity contribution >= 4 is 28.8 Å². The highest BCUT2D eigenvalue weighted by molar-refractivity contribution is 6.30. The van der Waals surface area contributed by atoms with Crippen molar-refractivity contribution in [2.45, 2.75) is 26.7 Å². The first-order valence-corrected chi connectivity index (χ1v) is 12.9. The summed E-state index contributed by atoms with van der Waals surface area (Å²) < 4.78 is 11.4. The van der Waals surface area contributed by atoms with Gasteiger partial charge in [0.05, 0.1) is 0 Å². The number of amides is 1. The maximum absolute atomic E-state index is 11.8. The van der Waals surface area contributed by atoms with Crippen LogP contribution in [0.15, 0.2) is 72.8 Å². The van der Waals surface area contributed by atoms with Gasteiger partial charge in [-0.1, -0.05) is 48.0 Å². The molecule has 6 heteroatoms. The van der Waals surface area contributed by atoms with Gasteiger partial charge in [-0.2, -0.15) is 0 Å². The van der Waals surface area contributed by atoms with E-state index in [0.717, 1.165) is 40.1 Å². The molecule has 0 atom stereocenters. The Morgan fingerprint density at radius 2 is 1.42 bits per heavy atom. The first-order chi connectivity index (χ1) is 17.5. The number of hydrogen-bond donors (Lipinski definition) is 1. The Morgan fingerprint density at radius 3 is 2.00 bits per heavy atom. The molecule has 0 aromatic heterocycles. The zero-order chi connectivity index (χ0) is 25.3. The smallest absolute Gasteiger partial charge is 0.412 e. The number of rotatable bonds is 9. The second-order valence-corrected chi connectivity index (χ2v) is 9.31. The number of hydrogen-bond acceptors (Lipinski definition) is 4. The third-order valence-corrected chi connectivity index (χ3v) is 6.60. The van der Waals surface area contributed by atoms with E-state index in [9.17, 15) is 4.79 Å². The van der Waals surface area contributed by atoms with Crippen molar-refractivity contribution in [3.05, 3.63) is 94.5 Å². The van der Waals surface area contributed by atoms with Gasteiger partial charge in [-0.15, -0.1) is 0 Å². The second-order valence-electron chi connectivity index (χ2n) is 8.87. The molecule has 3 aromatic carbocycles. The van der Waals surface area contributed by atoms with E-state index in [1.165, 1.54) is 25.9 Å². The van der Waals surface area contributed by atoms with Gasteiger partial charge in [-0.05, 0) is 104 Å². The van der Waals surface area contributed by atoms with Crippen LogP contribution in [0.1, 0.15) is 43.4 Å². The Balaban J connectivity index is 1.58. The summed E-state index contributed by atoms with van der Waals surface area (Å²) in [4.78, 5) is 14.2. The first-order valence-electron chi connectivity index (χ1n) is 12.5. The molecule has 1 N–H and O–H groups in total. The maximum atomic E-state index is 11.8. The summed E-state index contributed by atoms with van der Waals surface area (Å²) in [5.74, 6) is 1.36. The fraction of sp³-hybridized carbons (Fsp3) is 0.300. The van der Waals surface area contributed by atoms with E-state index in [-0.39, 0.29) is 0 Å². The predicted octanol–water partition coefficient (Wildman–Crippen LogP) is 6.90. The second kappa shape index (κ2) is 12.6. The van der Waals surface area contributed by atoms with Gasteiger partial charge in [-0.25, -0.2) is 4.79 Å². The number of halogens is 1. The molecule has 0 saturated carbocycles. The van der Waals surface area contributed by atoms with Gasteiger partial charge < -0.3 is 14.8 Å². The molecule has 1 aliphatic heterocycles. The van der Waals surface area contributed by atoms with Crippen LogP contribution in [0.25, 0.3) is 11.1 Å². The molecular formula is C30H33ClN2O3. The molecule has 0 spiro atoms. The quantitative estimate of drug-likeness (QED) is 0.322. The fourth-order valence-corrected chi connectivity index (χ4v) is 4.56. The predicted molar refractivity (Wildman–Crippen MR) is 147 cm³/mol. The van der Waals surface area contributed by atoms with Crippen molar-refractivity contribution in [1.29, 1.82) is 0 Å². The van der Waals surface area contributed by atoms with E-state index >= 15 is 0 Å².